The fraction of sp³-hybridized carbons (Fsp3) is 0.412. The Bertz CT molecular complexity index is 633. The van der Waals surface area contributed by atoms with Gasteiger partial charge in [0.2, 0.25) is 5.91 Å². The maximum absolute atomic E-state index is 12.4. The Balaban J connectivity index is 1.77. The van der Waals surface area contributed by atoms with E-state index in [2.05, 4.69) is 15.2 Å². The third kappa shape index (κ3) is 3.36. The summed E-state index contributed by atoms with van der Waals surface area (Å²) in [5, 5.41) is 3.13. The Kier molecular flexibility index (Phi) is 4.24. The molecule has 1 atom stereocenters. The summed E-state index contributed by atoms with van der Waals surface area (Å²) in [6.45, 7) is 0.429. The van der Waals surface area contributed by atoms with Crippen molar-refractivity contribution in [2.75, 3.05) is 13.6 Å². The van der Waals surface area contributed by atoms with Crippen molar-refractivity contribution in [2.45, 2.75) is 24.9 Å². The molecule has 1 amide bonds. The highest BCUT2D eigenvalue weighted by Crippen LogP contribution is 2.25. The number of imidazole rings is 1. The van der Waals surface area contributed by atoms with E-state index in [4.69, 9.17) is 0 Å². The summed E-state index contributed by atoms with van der Waals surface area (Å²) < 4.78 is 1.95. The highest BCUT2D eigenvalue weighted by Gasteiger charge is 2.28. The molecule has 1 aromatic carbocycles. The number of benzene rings is 1. The molecule has 1 aliphatic carbocycles. The zero-order chi connectivity index (χ0) is 15.5. The number of carbonyl (C=O) groups is 1. The van der Waals surface area contributed by atoms with Gasteiger partial charge >= 0.3 is 0 Å². The molecule has 0 aliphatic heterocycles. The van der Waals surface area contributed by atoms with Crippen molar-refractivity contribution >= 4 is 5.91 Å². The van der Waals surface area contributed by atoms with Crippen LogP contribution in [0.2, 0.25) is 0 Å². The summed E-state index contributed by atoms with van der Waals surface area (Å²) in [4.78, 5) is 18.9. The Morgan fingerprint density at radius 2 is 2.14 bits per heavy atom. The maximum atomic E-state index is 12.4. The Labute approximate surface area is 131 Å². The van der Waals surface area contributed by atoms with Crippen LogP contribution in [0.1, 0.15) is 30.3 Å². The van der Waals surface area contributed by atoms with E-state index in [1.807, 2.05) is 55.2 Å². The van der Waals surface area contributed by atoms with Crippen LogP contribution in [0.15, 0.2) is 42.7 Å². The number of rotatable bonds is 6. The lowest BCUT2D eigenvalue weighted by Gasteiger charge is -2.21. The summed E-state index contributed by atoms with van der Waals surface area (Å²) in [6.07, 6.45) is 6.05. The van der Waals surface area contributed by atoms with Crippen LogP contribution in [0, 0.1) is 0 Å². The van der Waals surface area contributed by atoms with Crippen LogP contribution in [0.4, 0.5) is 0 Å². The smallest absolute Gasteiger partial charge is 0.235 e. The van der Waals surface area contributed by atoms with Gasteiger partial charge < -0.3 is 9.88 Å². The molecule has 1 aromatic heterocycles. The van der Waals surface area contributed by atoms with E-state index in [0.717, 1.165) is 11.4 Å². The van der Waals surface area contributed by atoms with Crippen molar-refractivity contribution < 1.29 is 4.79 Å². The van der Waals surface area contributed by atoms with Gasteiger partial charge in [0.25, 0.3) is 0 Å². The minimum atomic E-state index is -0.221. The molecular formula is C17H22N4O. The van der Waals surface area contributed by atoms with Crippen LogP contribution in [-0.2, 0) is 11.8 Å². The van der Waals surface area contributed by atoms with Gasteiger partial charge in [0.05, 0.1) is 6.54 Å². The number of hydrogen-bond acceptors (Lipinski definition) is 3. The van der Waals surface area contributed by atoms with Crippen LogP contribution < -0.4 is 5.32 Å². The van der Waals surface area contributed by atoms with Gasteiger partial charge in [0.1, 0.15) is 11.9 Å². The van der Waals surface area contributed by atoms with Gasteiger partial charge in [0.15, 0.2) is 0 Å². The van der Waals surface area contributed by atoms with E-state index < -0.39 is 0 Å². The van der Waals surface area contributed by atoms with Crippen molar-refractivity contribution in [1.82, 2.24) is 19.8 Å². The quantitative estimate of drug-likeness (QED) is 0.883. The molecule has 22 heavy (non-hydrogen) atoms. The Hall–Kier alpha value is -2.14. The molecule has 1 saturated carbocycles. The van der Waals surface area contributed by atoms with Gasteiger partial charge in [-0.2, -0.15) is 0 Å². The van der Waals surface area contributed by atoms with Crippen molar-refractivity contribution in [2.24, 2.45) is 7.05 Å². The van der Waals surface area contributed by atoms with E-state index in [9.17, 15) is 4.79 Å². The average Bonchev–Trinajstić information content (AvgIpc) is 3.29. The maximum Gasteiger partial charge on any atom is 0.235 e. The van der Waals surface area contributed by atoms with Crippen molar-refractivity contribution in [3.05, 3.63) is 54.1 Å². The Morgan fingerprint density at radius 3 is 2.73 bits per heavy atom. The summed E-state index contributed by atoms with van der Waals surface area (Å²) in [5.74, 6) is 0.875. The summed E-state index contributed by atoms with van der Waals surface area (Å²) >= 11 is 0. The van der Waals surface area contributed by atoms with E-state index in [1.165, 1.54) is 12.8 Å². The average molecular weight is 298 g/mol. The second kappa shape index (κ2) is 6.32. The van der Waals surface area contributed by atoms with E-state index in [1.54, 1.807) is 6.20 Å². The molecule has 2 aromatic rings. The number of nitrogens with zero attached hydrogens (tertiary/aromatic N) is 3. The number of aromatic nitrogens is 2. The fourth-order valence-electron chi connectivity index (χ4n) is 2.68. The first-order valence-corrected chi connectivity index (χ1v) is 7.67. The van der Waals surface area contributed by atoms with Crippen molar-refractivity contribution in [1.29, 1.82) is 0 Å². The molecule has 1 aliphatic rings. The van der Waals surface area contributed by atoms with Crippen LogP contribution in [0.5, 0.6) is 0 Å². The summed E-state index contributed by atoms with van der Waals surface area (Å²) in [7, 11) is 3.95. The zero-order valence-electron chi connectivity index (χ0n) is 13.1. The number of likely N-dealkylation sites (N-methyl/N-ethyl adjacent to an activating group) is 1. The minimum Gasteiger partial charge on any atom is -0.341 e. The predicted molar refractivity (Wildman–Crippen MR) is 85.3 cm³/mol. The van der Waals surface area contributed by atoms with Gasteiger partial charge in [-0.05, 0) is 25.5 Å². The molecule has 5 nitrogen and oxygen atoms in total. The van der Waals surface area contributed by atoms with Gasteiger partial charge in [-0.1, -0.05) is 30.3 Å². The number of hydrogen-bond donors (Lipinski definition) is 1. The molecule has 0 spiro atoms. The van der Waals surface area contributed by atoms with Crippen LogP contribution in [0.3, 0.4) is 0 Å². The third-order valence-corrected chi connectivity index (χ3v) is 4.12. The van der Waals surface area contributed by atoms with Crippen molar-refractivity contribution in [3.63, 3.8) is 0 Å². The highest BCUT2D eigenvalue weighted by atomic mass is 16.2. The lowest BCUT2D eigenvalue weighted by Crippen LogP contribution is -2.39. The minimum absolute atomic E-state index is 0.0336. The molecule has 1 fully saturated rings. The molecule has 116 valence electrons. The third-order valence-electron chi connectivity index (χ3n) is 4.12. The number of amides is 1. The number of aryl methyl sites for hydroxylation is 1. The van der Waals surface area contributed by atoms with Crippen molar-refractivity contribution in [3.8, 4) is 0 Å². The fourth-order valence-corrected chi connectivity index (χ4v) is 2.68. The molecule has 0 radical (unpaired) electrons. The molecular weight excluding hydrogens is 276 g/mol. The first-order chi connectivity index (χ1) is 10.6. The zero-order valence-corrected chi connectivity index (χ0v) is 13.1. The normalized spacial score (nSPS) is 15.8. The molecule has 1 heterocycles. The standard InChI is InChI=1S/C17H22N4O/c1-20-11-10-18-17(20)16(13-6-4-3-5-7-13)19-15(22)12-21(2)14-8-9-14/h3-7,10-11,14,16H,8-9,12H2,1-2H3,(H,19,22)/t16-/m1/s1. The topological polar surface area (TPSA) is 50.2 Å². The number of carbonyl (C=O) groups excluding carboxylic acids is 1. The molecule has 0 unspecified atom stereocenters. The van der Waals surface area contributed by atoms with E-state index >= 15 is 0 Å². The second-order valence-electron chi connectivity index (χ2n) is 5.95. The lowest BCUT2D eigenvalue weighted by atomic mass is 10.1. The lowest BCUT2D eigenvalue weighted by molar-refractivity contribution is -0.122. The van der Waals surface area contributed by atoms with Gasteiger partial charge in [-0.3, -0.25) is 9.69 Å². The SMILES string of the molecule is CN(CC(=O)N[C@H](c1ccccc1)c1nccn1C)C1CC1. The highest BCUT2D eigenvalue weighted by molar-refractivity contribution is 5.79. The number of nitrogens with one attached hydrogen (secondary N) is 1. The molecule has 5 heteroatoms. The van der Waals surface area contributed by atoms with E-state index in [0.29, 0.717) is 12.6 Å². The second-order valence-corrected chi connectivity index (χ2v) is 5.95. The van der Waals surface area contributed by atoms with Gasteiger partial charge in [0, 0.05) is 25.5 Å². The first kappa shape index (κ1) is 14.8. The van der Waals surface area contributed by atoms with Gasteiger partial charge in [-0.25, -0.2) is 4.98 Å². The molecule has 3 rings (SSSR count). The van der Waals surface area contributed by atoms with Crippen LogP contribution >= 0.6 is 0 Å². The molecule has 0 bridgehead atoms. The summed E-state index contributed by atoms with van der Waals surface area (Å²) in [5.41, 5.74) is 1.04. The first-order valence-electron chi connectivity index (χ1n) is 7.67. The largest absolute Gasteiger partial charge is 0.341 e. The van der Waals surface area contributed by atoms with Gasteiger partial charge in [-0.15, -0.1) is 0 Å². The molecule has 0 saturated heterocycles. The summed E-state index contributed by atoms with van der Waals surface area (Å²) in [6, 6.07) is 10.3. The predicted octanol–water partition coefficient (Wildman–Crippen LogP) is 1.72. The van der Waals surface area contributed by atoms with E-state index in [-0.39, 0.29) is 11.9 Å². The molecule has 1 N–H and O–H groups in total. The van der Waals surface area contributed by atoms with Crippen LogP contribution in [0.25, 0.3) is 0 Å². The Morgan fingerprint density at radius 1 is 1.41 bits per heavy atom. The monoisotopic (exact) mass is 298 g/mol. The van der Waals surface area contributed by atoms with Crippen LogP contribution in [-0.4, -0.2) is 40.0 Å².